The van der Waals surface area contributed by atoms with Crippen molar-refractivity contribution >= 4 is 5.97 Å². The molecule has 2 rings (SSSR count). The minimum atomic E-state index is -0.121. The molecule has 0 amide bonds. The monoisotopic (exact) mass is 261 g/mol. The van der Waals surface area contributed by atoms with Gasteiger partial charge in [0.05, 0.1) is 13.0 Å². The molecule has 1 aromatic rings. The van der Waals surface area contributed by atoms with Crippen LogP contribution in [0.3, 0.4) is 0 Å². The summed E-state index contributed by atoms with van der Waals surface area (Å²) in [6.45, 7) is 1.71. The normalized spacial score (nSPS) is 20.2. The van der Waals surface area contributed by atoms with E-state index in [1.54, 1.807) is 0 Å². The van der Waals surface area contributed by atoms with Crippen molar-refractivity contribution in [2.45, 2.75) is 38.1 Å². The fraction of sp³-hybridized carbons (Fsp3) is 0.562. The highest BCUT2D eigenvalue weighted by molar-refractivity contribution is 5.72. The van der Waals surface area contributed by atoms with Gasteiger partial charge in [0, 0.05) is 6.04 Å². The quantitative estimate of drug-likeness (QED) is 0.763. The van der Waals surface area contributed by atoms with Gasteiger partial charge in [0.15, 0.2) is 0 Å². The highest BCUT2D eigenvalue weighted by atomic mass is 16.5. The zero-order chi connectivity index (χ0) is 13.5. The van der Waals surface area contributed by atoms with Crippen LogP contribution in [0.25, 0.3) is 0 Å². The second-order valence-corrected chi connectivity index (χ2v) is 5.30. The maximum Gasteiger partial charge on any atom is 0.310 e. The molecule has 3 heteroatoms. The highest BCUT2D eigenvalue weighted by Gasteiger charge is 2.18. The average Bonchev–Trinajstić information content (AvgIpc) is 2.42. The van der Waals surface area contributed by atoms with Gasteiger partial charge in [-0.15, -0.1) is 0 Å². The molecule has 1 aliphatic rings. The minimum absolute atomic E-state index is 0.121. The molecule has 104 valence electrons. The first-order valence-electron chi connectivity index (χ1n) is 7.15. The summed E-state index contributed by atoms with van der Waals surface area (Å²) in [7, 11) is 2.16. The molecule has 1 heterocycles. The van der Waals surface area contributed by atoms with E-state index >= 15 is 0 Å². The summed E-state index contributed by atoms with van der Waals surface area (Å²) in [5, 5.41) is 0. The molecule has 0 radical (unpaired) electrons. The molecule has 0 spiro atoms. The Morgan fingerprint density at radius 1 is 1.32 bits per heavy atom. The molecule has 0 saturated carbocycles. The maximum atomic E-state index is 11.7. The molecule has 0 bridgehead atoms. The molecule has 1 unspecified atom stereocenters. The van der Waals surface area contributed by atoms with Crippen molar-refractivity contribution in [3.63, 3.8) is 0 Å². The van der Waals surface area contributed by atoms with Gasteiger partial charge in [-0.1, -0.05) is 36.8 Å². The van der Waals surface area contributed by atoms with Crippen LogP contribution in [0.1, 0.15) is 31.2 Å². The van der Waals surface area contributed by atoms with Crippen LogP contribution in [0.2, 0.25) is 0 Å². The maximum absolute atomic E-state index is 11.7. The van der Waals surface area contributed by atoms with Gasteiger partial charge in [-0.05, 0) is 38.4 Å². The summed E-state index contributed by atoms with van der Waals surface area (Å²) < 4.78 is 5.33. The Hall–Kier alpha value is -1.35. The molecule has 1 atom stereocenters. The summed E-state index contributed by atoms with van der Waals surface area (Å²) in [5.41, 5.74) is 1.02. The van der Waals surface area contributed by atoms with E-state index < -0.39 is 0 Å². The predicted octanol–water partition coefficient (Wildman–Crippen LogP) is 2.65. The SMILES string of the molecule is CN1CCCCC1CCOC(=O)Cc1ccccc1. The van der Waals surface area contributed by atoms with Crippen LogP contribution in [0.4, 0.5) is 0 Å². The minimum Gasteiger partial charge on any atom is -0.465 e. The number of carbonyl (C=O) groups is 1. The van der Waals surface area contributed by atoms with E-state index in [1.807, 2.05) is 30.3 Å². The molecule has 1 saturated heterocycles. The Morgan fingerprint density at radius 2 is 2.11 bits per heavy atom. The Kier molecular flexibility index (Phi) is 5.40. The Labute approximate surface area is 115 Å². The second kappa shape index (κ2) is 7.29. The zero-order valence-electron chi connectivity index (χ0n) is 11.7. The summed E-state index contributed by atoms with van der Waals surface area (Å²) >= 11 is 0. The van der Waals surface area contributed by atoms with E-state index in [0.29, 0.717) is 19.1 Å². The van der Waals surface area contributed by atoms with Crippen LogP contribution < -0.4 is 0 Å². The fourth-order valence-corrected chi connectivity index (χ4v) is 2.63. The Bertz CT molecular complexity index is 391. The van der Waals surface area contributed by atoms with Crippen molar-refractivity contribution < 1.29 is 9.53 Å². The second-order valence-electron chi connectivity index (χ2n) is 5.30. The molecule has 0 aliphatic carbocycles. The van der Waals surface area contributed by atoms with Crippen LogP contribution in [-0.4, -0.2) is 37.1 Å². The fourth-order valence-electron chi connectivity index (χ4n) is 2.63. The number of likely N-dealkylation sites (tertiary alicyclic amines) is 1. The van der Waals surface area contributed by atoms with Crippen molar-refractivity contribution in [2.75, 3.05) is 20.2 Å². The lowest BCUT2D eigenvalue weighted by Crippen LogP contribution is -2.37. The third-order valence-corrected chi connectivity index (χ3v) is 3.83. The van der Waals surface area contributed by atoms with Gasteiger partial charge in [-0.2, -0.15) is 0 Å². The van der Waals surface area contributed by atoms with Crippen LogP contribution >= 0.6 is 0 Å². The van der Waals surface area contributed by atoms with Crippen molar-refractivity contribution in [3.05, 3.63) is 35.9 Å². The van der Waals surface area contributed by atoms with Crippen molar-refractivity contribution in [1.82, 2.24) is 4.90 Å². The third kappa shape index (κ3) is 4.67. The van der Waals surface area contributed by atoms with Crippen molar-refractivity contribution in [2.24, 2.45) is 0 Å². The number of nitrogens with zero attached hydrogens (tertiary/aromatic N) is 1. The first-order valence-corrected chi connectivity index (χ1v) is 7.15. The smallest absolute Gasteiger partial charge is 0.310 e. The topological polar surface area (TPSA) is 29.5 Å². The van der Waals surface area contributed by atoms with E-state index in [1.165, 1.54) is 25.8 Å². The summed E-state index contributed by atoms with van der Waals surface area (Å²) in [4.78, 5) is 14.1. The molecular weight excluding hydrogens is 238 g/mol. The van der Waals surface area contributed by atoms with E-state index in [-0.39, 0.29) is 5.97 Å². The summed E-state index contributed by atoms with van der Waals surface area (Å²) in [5.74, 6) is -0.121. The van der Waals surface area contributed by atoms with Gasteiger partial charge in [0.2, 0.25) is 0 Å². The highest BCUT2D eigenvalue weighted by Crippen LogP contribution is 2.17. The zero-order valence-corrected chi connectivity index (χ0v) is 11.7. The largest absolute Gasteiger partial charge is 0.465 e. The number of carbonyl (C=O) groups excluding carboxylic acids is 1. The number of hydrogen-bond donors (Lipinski definition) is 0. The predicted molar refractivity (Wildman–Crippen MR) is 76.0 cm³/mol. The average molecular weight is 261 g/mol. The van der Waals surface area contributed by atoms with E-state index in [4.69, 9.17) is 4.74 Å². The van der Waals surface area contributed by atoms with E-state index in [2.05, 4.69) is 11.9 Å². The summed E-state index contributed by atoms with van der Waals surface area (Å²) in [6, 6.07) is 10.3. The van der Waals surface area contributed by atoms with Gasteiger partial charge in [0.25, 0.3) is 0 Å². The standard InChI is InChI=1S/C16H23NO2/c1-17-11-6-5-9-15(17)10-12-19-16(18)13-14-7-3-2-4-8-14/h2-4,7-8,15H,5-6,9-13H2,1H3. The molecule has 0 N–H and O–H groups in total. The third-order valence-electron chi connectivity index (χ3n) is 3.83. The number of benzene rings is 1. The van der Waals surface area contributed by atoms with Crippen LogP contribution in [0.15, 0.2) is 30.3 Å². The lowest BCUT2D eigenvalue weighted by atomic mass is 10.0. The number of ether oxygens (including phenoxy) is 1. The molecule has 1 aliphatic heterocycles. The number of rotatable bonds is 5. The molecule has 1 fully saturated rings. The van der Waals surface area contributed by atoms with Gasteiger partial charge in [-0.3, -0.25) is 4.79 Å². The molecular formula is C16H23NO2. The van der Waals surface area contributed by atoms with Crippen molar-refractivity contribution in [3.8, 4) is 0 Å². The van der Waals surface area contributed by atoms with Crippen LogP contribution in [-0.2, 0) is 16.0 Å². The molecule has 1 aromatic carbocycles. The summed E-state index contributed by atoms with van der Waals surface area (Å²) in [6.07, 6.45) is 5.15. The molecule has 19 heavy (non-hydrogen) atoms. The molecule has 0 aromatic heterocycles. The number of hydrogen-bond acceptors (Lipinski definition) is 3. The first-order chi connectivity index (χ1) is 9.25. The Balaban J connectivity index is 1.66. The van der Waals surface area contributed by atoms with Crippen LogP contribution in [0.5, 0.6) is 0 Å². The van der Waals surface area contributed by atoms with Gasteiger partial charge in [-0.25, -0.2) is 0 Å². The van der Waals surface area contributed by atoms with E-state index in [0.717, 1.165) is 12.0 Å². The lowest BCUT2D eigenvalue weighted by molar-refractivity contribution is -0.143. The number of esters is 1. The van der Waals surface area contributed by atoms with Crippen molar-refractivity contribution in [1.29, 1.82) is 0 Å². The Morgan fingerprint density at radius 3 is 2.84 bits per heavy atom. The van der Waals surface area contributed by atoms with E-state index in [9.17, 15) is 4.79 Å². The number of piperidine rings is 1. The van der Waals surface area contributed by atoms with Gasteiger partial charge in [0.1, 0.15) is 0 Å². The first kappa shape index (κ1) is 14.1. The lowest BCUT2D eigenvalue weighted by Gasteiger charge is -2.32. The van der Waals surface area contributed by atoms with Gasteiger partial charge >= 0.3 is 5.97 Å². The molecule has 3 nitrogen and oxygen atoms in total. The van der Waals surface area contributed by atoms with Crippen LogP contribution in [0, 0.1) is 0 Å². The van der Waals surface area contributed by atoms with Gasteiger partial charge < -0.3 is 9.64 Å².